The third-order valence-corrected chi connectivity index (χ3v) is 5.88. The van der Waals surface area contributed by atoms with Gasteiger partial charge in [-0.3, -0.25) is 4.79 Å². The van der Waals surface area contributed by atoms with Gasteiger partial charge in [0.2, 0.25) is 0 Å². The highest BCUT2D eigenvalue weighted by atomic mass is 79.9. The smallest absolute Gasteiger partial charge is 0.262 e. The molecule has 2 aromatic carbocycles. The molecule has 1 N–H and O–H groups in total. The fraction of sp³-hybridized carbons (Fsp3) is 0.304. The predicted molar refractivity (Wildman–Crippen MR) is 120 cm³/mol. The minimum Gasteiger partial charge on any atom is -0.493 e. The fourth-order valence-corrected chi connectivity index (χ4v) is 3.88. The molecule has 0 bridgehead atoms. The highest BCUT2D eigenvalue weighted by molar-refractivity contribution is 9.10. The first kappa shape index (κ1) is 22.2. The van der Waals surface area contributed by atoms with Crippen LogP contribution in [0.25, 0.3) is 6.08 Å². The molecule has 0 unspecified atom stereocenters. The van der Waals surface area contributed by atoms with Crippen molar-refractivity contribution < 1.29 is 14.3 Å². The summed E-state index contributed by atoms with van der Waals surface area (Å²) in [7, 11) is 1.55. The number of nitrogens with zero attached hydrogens (tertiary/aromatic N) is 1. The van der Waals surface area contributed by atoms with E-state index in [1.54, 1.807) is 37.5 Å². The van der Waals surface area contributed by atoms with E-state index in [2.05, 4.69) is 21.2 Å². The lowest BCUT2D eigenvalue weighted by Gasteiger charge is -2.14. The van der Waals surface area contributed by atoms with E-state index in [9.17, 15) is 10.1 Å². The van der Waals surface area contributed by atoms with Crippen molar-refractivity contribution in [3.8, 4) is 17.6 Å². The number of benzene rings is 2. The van der Waals surface area contributed by atoms with Crippen molar-refractivity contribution in [1.82, 2.24) is 5.32 Å². The van der Waals surface area contributed by atoms with E-state index in [0.29, 0.717) is 33.2 Å². The lowest BCUT2D eigenvalue weighted by atomic mass is 10.1. The maximum absolute atomic E-state index is 12.5. The zero-order valence-corrected chi connectivity index (χ0v) is 18.9. The molecule has 1 aliphatic carbocycles. The van der Waals surface area contributed by atoms with Gasteiger partial charge >= 0.3 is 0 Å². The highest BCUT2D eigenvalue weighted by Gasteiger charge is 2.20. The summed E-state index contributed by atoms with van der Waals surface area (Å²) in [5.41, 5.74) is 1.68. The molecule has 7 heteroatoms. The van der Waals surface area contributed by atoms with Crippen LogP contribution in [-0.2, 0) is 11.4 Å². The average Bonchev–Trinajstić information content (AvgIpc) is 3.25. The van der Waals surface area contributed by atoms with Gasteiger partial charge in [0.05, 0.1) is 7.11 Å². The first-order valence-electron chi connectivity index (χ1n) is 9.67. The number of carbonyl (C=O) groups is 1. The van der Waals surface area contributed by atoms with Crippen molar-refractivity contribution in [1.29, 1.82) is 5.26 Å². The van der Waals surface area contributed by atoms with Crippen LogP contribution in [0.2, 0.25) is 5.02 Å². The van der Waals surface area contributed by atoms with Crippen LogP contribution >= 0.6 is 27.5 Å². The van der Waals surface area contributed by atoms with Crippen molar-refractivity contribution in [2.75, 3.05) is 7.11 Å². The van der Waals surface area contributed by atoms with Crippen molar-refractivity contribution >= 4 is 39.5 Å². The molecule has 0 radical (unpaired) electrons. The molecule has 0 heterocycles. The number of carbonyl (C=O) groups excluding carboxylic acids is 1. The topological polar surface area (TPSA) is 71.3 Å². The van der Waals surface area contributed by atoms with Crippen LogP contribution in [0.4, 0.5) is 0 Å². The molecular weight excluding hydrogens is 468 g/mol. The minimum atomic E-state index is -0.349. The second-order valence-electron chi connectivity index (χ2n) is 7.06. The molecule has 0 aromatic heterocycles. The van der Waals surface area contributed by atoms with Gasteiger partial charge in [-0.05, 0) is 54.3 Å². The van der Waals surface area contributed by atoms with E-state index in [1.165, 1.54) is 0 Å². The largest absolute Gasteiger partial charge is 0.493 e. The number of halogens is 2. The second-order valence-corrected chi connectivity index (χ2v) is 8.36. The average molecular weight is 490 g/mol. The maximum atomic E-state index is 12.5. The minimum absolute atomic E-state index is 0.0551. The summed E-state index contributed by atoms with van der Waals surface area (Å²) < 4.78 is 12.0. The van der Waals surface area contributed by atoms with Gasteiger partial charge in [0, 0.05) is 15.5 Å². The highest BCUT2D eigenvalue weighted by Crippen LogP contribution is 2.35. The fourth-order valence-electron chi connectivity index (χ4n) is 3.31. The van der Waals surface area contributed by atoms with Gasteiger partial charge in [0.25, 0.3) is 5.91 Å². The van der Waals surface area contributed by atoms with Crippen LogP contribution in [0.15, 0.2) is 46.4 Å². The van der Waals surface area contributed by atoms with Crippen LogP contribution in [0, 0.1) is 11.3 Å². The number of hydrogen-bond acceptors (Lipinski definition) is 4. The van der Waals surface area contributed by atoms with Gasteiger partial charge < -0.3 is 14.8 Å². The molecule has 1 saturated carbocycles. The first-order valence-corrected chi connectivity index (χ1v) is 10.8. The lowest BCUT2D eigenvalue weighted by Crippen LogP contribution is -2.33. The SMILES string of the molecule is COc1cc(/C=C(/C#N)C(=O)NC2CCCC2)c(Br)cc1OCc1ccc(Cl)cc1. The number of hydrogen-bond donors (Lipinski definition) is 1. The molecule has 0 spiro atoms. The molecule has 0 saturated heterocycles. The van der Waals surface area contributed by atoms with E-state index in [1.807, 2.05) is 18.2 Å². The van der Waals surface area contributed by atoms with Gasteiger partial charge in [-0.15, -0.1) is 0 Å². The maximum Gasteiger partial charge on any atom is 0.262 e. The van der Waals surface area contributed by atoms with Gasteiger partial charge in [-0.2, -0.15) is 5.26 Å². The monoisotopic (exact) mass is 488 g/mol. The molecule has 1 aliphatic rings. The van der Waals surface area contributed by atoms with Crippen LogP contribution in [0.3, 0.4) is 0 Å². The summed E-state index contributed by atoms with van der Waals surface area (Å²) >= 11 is 9.42. The van der Waals surface area contributed by atoms with Gasteiger partial charge in [0.1, 0.15) is 18.2 Å². The number of methoxy groups -OCH3 is 1. The zero-order valence-electron chi connectivity index (χ0n) is 16.6. The standard InChI is InChI=1S/C23H22BrClN2O3/c1-29-21-11-16(10-17(13-26)23(28)27-19-4-2-3-5-19)20(24)12-22(21)30-14-15-6-8-18(25)9-7-15/h6-12,19H,2-5,14H2,1H3,(H,27,28)/b17-10-. The summed E-state index contributed by atoms with van der Waals surface area (Å²) in [5.74, 6) is 0.704. The number of rotatable bonds is 7. The molecular formula is C23H22BrClN2O3. The van der Waals surface area contributed by atoms with Crippen LogP contribution < -0.4 is 14.8 Å². The van der Waals surface area contributed by atoms with Crippen LogP contribution in [0.1, 0.15) is 36.8 Å². The van der Waals surface area contributed by atoms with E-state index in [0.717, 1.165) is 31.2 Å². The Morgan fingerprint density at radius 3 is 2.60 bits per heavy atom. The molecule has 0 aliphatic heterocycles. The summed E-state index contributed by atoms with van der Waals surface area (Å²) in [6.45, 7) is 0.350. The van der Waals surface area contributed by atoms with Crippen LogP contribution in [-0.4, -0.2) is 19.1 Å². The first-order chi connectivity index (χ1) is 14.5. The predicted octanol–water partition coefficient (Wildman–Crippen LogP) is 5.66. The Hall–Kier alpha value is -2.49. The molecule has 0 atom stereocenters. The van der Waals surface area contributed by atoms with E-state index in [-0.39, 0.29) is 17.5 Å². The Morgan fingerprint density at radius 2 is 1.97 bits per heavy atom. The van der Waals surface area contributed by atoms with E-state index >= 15 is 0 Å². The Labute approximate surface area is 189 Å². The Bertz CT molecular complexity index is 977. The molecule has 2 aromatic rings. The van der Waals surface area contributed by atoms with E-state index < -0.39 is 0 Å². The summed E-state index contributed by atoms with van der Waals surface area (Å²) in [5, 5.41) is 13.1. The summed E-state index contributed by atoms with van der Waals surface area (Å²) in [4.78, 5) is 12.5. The Morgan fingerprint density at radius 1 is 1.27 bits per heavy atom. The van der Waals surface area contributed by atoms with Gasteiger partial charge in [-0.1, -0.05) is 52.5 Å². The van der Waals surface area contributed by atoms with Crippen molar-refractivity contribution in [3.05, 3.63) is 62.6 Å². The molecule has 1 amide bonds. The van der Waals surface area contributed by atoms with Crippen LogP contribution in [0.5, 0.6) is 11.5 Å². The molecule has 30 heavy (non-hydrogen) atoms. The van der Waals surface area contributed by atoms with Crippen molar-refractivity contribution in [2.45, 2.75) is 38.3 Å². The quantitative estimate of drug-likeness (QED) is 0.403. The van der Waals surface area contributed by atoms with Gasteiger partial charge in [-0.25, -0.2) is 0 Å². The number of nitrogens with one attached hydrogen (secondary N) is 1. The lowest BCUT2D eigenvalue weighted by molar-refractivity contribution is -0.117. The number of ether oxygens (including phenoxy) is 2. The molecule has 5 nitrogen and oxygen atoms in total. The molecule has 3 rings (SSSR count). The Kier molecular flexibility index (Phi) is 7.78. The van der Waals surface area contributed by atoms with Gasteiger partial charge in [0.15, 0.2) is 11.5 Å². The number of nitriles is 1. The van der Waals surface area contributed by atoms with E-state index in [4.69, 9.17) is 21.1 Å². The summed E-state index contributed by atoms with van der Waals surface area (Å²) in [6.07, 6.45) is 5.69. The third kappa shape index (κ3) is 5.78. The number of amides is 1. The molecule has 156 valence electrons. The summed E-state index contributed by atoms with van der Waals surface area (Å²) in [6, 6.07) is 13.1. The normalized spacial score (nSPS) is 14.3. The van der Waals surface area contributed by atoms with Crippen molar-refractivity contribution in [3.63, 3.8) is 0 Å². The molecule has 1 fully saturated rings. The second kappa shape index (κ2) is 10.5. The third-order valence-electron chi connectivity index (χ3n) is 4.95. The Balaban J connectivity index is 1.77. The zero-order chi connectivity index (χ0) is 21.5. The van der Waals surface area contributed by atoms with Crippen molar-refractivity contribution in [2.24, 2.45) is 0 Å².